The summed E-state index contributed by atoms with van der Waals surface area (Å²) in [4.78, 5) is 21.4. The maximum Gasteiger partial charge on any atom is 0.247 e. The van der Waals surface area contributed by atoms with Gasteiger partial charge in [0, 0.05) is 31.4 Å². The van der Waals surface area contributed by atoms with Crippen molar-refractivity contribution in [1.82, 2.24) is 9.88 Å². The normalized spacial score (nSPS) is 14.3. The highest BCUT2D eigenvalue weighted by Gasteiger charge is 2.25. The van der Waals surface area contributed by atoms with Crippen molar-refractivity contribution in [2.45, 2.75) is 39.7 Å². The number of ether oxygens (including phenoxy) is 1. The molecule has 0 atom stereocenters. The zero-order chi connectivity index (χ0) is 24.0. The number of anilines is 4. The maximum absolute atomic E-state index is 12.2. The fraction of sp³-hybridized carbons (Fsp3) is 0.440. The van der Waals surface area contributed by atoms with Crippen LogP contribution in [0.4, 0.5) is 22.9 Å². The number of nitrogens with zero attached hydrogens (tertiary/aromatic N) is 3. The zero-order valence-corrected chi connectivity index (χ0v) is 20.7. The quantitative estimate of drug-likeness (QED) is 0.488. The zero-order valence-electron chi connectivity index (χ0n) is 19.9. The van der Waals surface area contributed by atoms with Crippen LogP contribution in [0.3, 0.4) is 0 Å². The predicted octanol–water partition coefficient (Wildman–Crippen LogP) is 5.23. The molecule has 0 bridgehead atoms. The van der Waals surface area contributed by atoms with E-state index in [4.69, 9.17) is 16.3 Å². The topological polar surface area (TPSA) is 69.7 Å². The average molecular weight is 472 g/mol. The molecule has 1 fully saturated rings. The van der Waals surface area contributed by atoms with Gasteiger partial charge < -0.3 is 25.2 Å². The Morgan fingerprint density at radius 2 is 1.97 bits per heavy atom. The molecule has 0 spiro atoms. The highest BCUT2D eigenvalue weighted by Crippen LogP contribution is 2.39. The summed E-state index contributed by atoms with van der Waals surface area (Å²) in [6.45, 7) is 13.9. The molecule has 2 aromatic rings. The minimum atomic E-state index is -0.258. The molecule has 1 amide bonds. The Balaban J connectivity index is 1.92. The number of methoxy groups -OCH3 is 1. The summed E-state index contributed by atoms with van der Waals surface area (Å²) >= 11 is 6.12. The van der Waals surface area contributed by atoms with Gasteiger partial charge in [-0.3, -0.25) is 4.79 Å². The van der Waals surface area contributed by atoms with E-state index in [9.17, 15) is 4.79 Å². The van der Waals surface area contributed by atoms with E-state index < -0.39 is 0 Å². The van der Waals surface area contributed by atoms with Crippen molar-refractivity contribution < 1.29 is 9.53 Å². The largest absolute Gasteiger partial charge is 0.494 e. The first-order valence-electron chi connectivity index (χ1n) is 11.4. The van der Waals surface area contributed by atoms with Crippen LogP contribution in [0.25, 0.3) is 0 Å². The van der Waals surface area contributed by atoms with E-state index in [-0.39, 0.29) is 5.91 Å². The molecule has 1 aliphatic heterocycles. The first-order chi connectivity index (χ1) is 15.9. The minimum absolute atomic E-state index is 0.258. The van der Waals surface area contributed by atoms with Crippen LogP contribution in [-0.4, -0.2) is 55.1 Å². The standard InChI is InChI=1S/C25H34ClN5O2/c1-6-25(32)29-20-14-21(28-24-13-17(4)19(26)16-27-24)23(33-5)15-22(20)31-11-9-18(10-12-31)30(7-2)8-3/h6,13-16,18H,1,7-12H2,2-5H3,(H,27,28)(H,29,32). The number of benzene rings is 1. The predicted molar refractivity (Wildman–Crippen MR) is 137 cm³/mol. The van der Waals surface area contributed by atoms with Gasteiger partial charge in [-0.1, -0.05) is 32.0 Å². The number of aryl methyl sites for hydroxylation is 1. The van der Waals surface area contributed by atoms with Crippen LogP contribution < -0.4 is 20.3 Å². The van der Waals surface area contributed by atoms with E-state index in [0.717, 1.165) is 50.3 Å². The molecule has 1 aliphatic rings. The van der Waals surface area contributed by atoms with Crippen LogP contribution in [0.2, 0.25) is 5.02 Å². The Hall–Kier alpha value is -2.77. The number of carbonyl (C=O) groups excluding carboxylic acids is 1. The number of pyridine rings is 1. The van der Waals surface area contributed by atoms with Gasteiger partial charge in [-0.15, -0.1) is 0 Å². The number of aromatic nitrogens is 1. The Bertz CT molecular complexity index is 985. The van der Waals surface area contributed by atoms with Crippen molar-refractivity contribution in [1.29, 1.82) is 0 Å². The molecule has 178 valence electrons. The van der Waals surface area contributed by atoms with E-state index in [2.05, 4.69) is 45.8 Å². The molecule has 0 aliphatic carbocycles. The highest BCUT2D eigenvalue weighted by molar-refractivity contribution is 6.31. The van der Waals surface area contributed by atoms with E-state index in [1.165, 1.54) is 6.08 Å². The SMILES string of the molecule is C=CC(=O)Nc1cc(Nc2cc(C)c(Cl)cn2)c(OC)cc1N1CCC(N(CC)CC)CC1. The minimum Gasteiger partial charge on any atom is -0.494 e. The summed E-state index contributed by atoms with van der Waals surface area (Å²) < 4.78 is 5.70. The third kappa shape index (κ3) is 5.97. The summed E-state index contributed by atoms with van der Waals surface area (Å²) in [5.41, 5.74) is 3.26. The van der Waals surface area contributed by atoms with Crippen molar-refractivity contribution >= 4 is 40.4 Å². The Morgan fingerprint density at radius 3 is 2.55 bits per heavy atom. The molecular weight excluding hydrogens is 438 g/mol. The molecule has 3 rings (SSSR count). The van der Waals surface area contributed by atoms with Crippen LogP contribution in [0.15, 0.2) is 37.1 Å². The van der Waals surface area contributed by atoms with E-state index in [1.807, 2.05) is 25.1 Å². The molecular formula is C25H34ClN5O2. The number of rotatable bonds is 9. The number of hydrogen-bond donors (Lipinski definition) is 2. The number of carbonyl (C=O) groups is 1. The first kappa shape index (κ1) is 24.9. The third-order valence-corrected chi connectivity index (χ3v) is 6.60. The van der Waals surface area contributed by atoms with Crippen molar-refractivity contribution in [2.24, 2.45) is 0 Å². The van der Waals surface area contributed by atoms with E-state index >= 15 is 0 Å². The Labute approximate surface area is 201 Å². The fourth-order valence-corrected chi connectivity index (χ4v) is 4.44. The van der Waals surface area contributed by atoms with E-state index in [0.29, 0.717) is 34.0 Å². The van der Waals surface area contributed by atoms with E-state index in [1.54, 1.807) is 13.3 Å². The van der Waals surface area contributed by atoms with Crippen molar-refractivity contribution in [3.63, 3.8) is 0 Å². The lowest BCUT2D eigenvalue weighted by Gasteiger charge is -2.39. The number of halogens is 1. The summed E-state index contributed by atoms with van der Waals surface area (Å²) in [5, 5.41) is 6.87. The lowest BCUT2D eigenvalue weighted by Crippen LogP contribution is -2.45. The van der Waals surface area contributed by atoms with Gasteiger partial charge in [0.2, 0.25) is 5.91 Å². The monoisotopic (exact) mass is 471 g/mol. The summed E-state index contributed by atoms with van der Waals surface area (Å²) in [6.07, 6.45) is 5.04. The maximum atomic E-state index is 12.2. The highest BCUT2D eigenvalue weighted by atomic mass is 35.5. The van der Waals surface area contributed by atoms with Gasteiger partial charge in [-0.05, 0) is 56.6 Å². The lowest BCUT2D eigenvalue weighted by atomic mass is 10.0. The first-order valence-corrected chi connectivity index (χ1v) is 11.8. The van der Waals surface area contributed by atoms with Gasteiger partial charge in [0.15, 0.2) is 0 Å². The number of amides is 1. The molecule has 0 unspecified atom stereocenters. The Morgan fingerprint density at radius 1 is 1.27 bits per heavy atom. The van der Waals surface area contributed by atoms with Crippen LogP contribution in [0, 0.1) is 6.92 Å². The van der Waals surface area contributed by atoms with Crippen LogP contribution in [-0.2, 0) is 4.79 Å². The number of piperidine rings is 1. The molecule has 33 heavy (non-hydrogen) atoms. The Kier molecular flexibility index (Phi) is 8.58. The van der Waals surface area contributed by atoms with Gasteiger partial charge in [-0.2, -0.15) is 0 Å². The molecule has 2 heterocycles. The molecule has 1 saturated heterocycles. The van der Waals surface area contributed by atoms with Crippen molar-refractivity contribution in [3.8, 4) is 5.75 Å². The van der Waals surface area contributed by atoms with Crippen molar-refractivity contribution in [3.05, 3.63) is 47.6 Å². The molecule has 0 saturated carbocycles. The summed E-state index contributed by atoms with van der Waals surface area (Å²) in [6, 6.07) is 6.32. The van der Waals surface area contributed by atoms with Gasteiger partial charge in [0.25, 0.3) is 0 Å². The molecule has 7 nitrogen and oxygen atoms in total. The second kappa shape index (κ2) is 11.4. The third-order valence-electron chi connectivity index (χ3n) is 6.20. The molecule has 0 radical (unpaired) electrons. The second-order valence-electron chi connectivity index (χ2n) is 8.15. The van der Waals surface area contributed by atoms with Gasteiger partial charge in [-0.25, -0.2) is 4.98 Å². The number of nitrogens with one attached hydrogen (secondary N) is 2. The molecule has 8 heteroatoms. The summed E-state index contributed by atoms with van der Waals surface area (Å²) in [5.74, 6) is 1.05. The van der Waals surface area contributed by atoms with Crippen LogP contribution in [0.5, 0.6) is 5.75 Å². The molecule has 1 aromatic heterocycles. The van der Waals surface area contributed by atoms with Crippen LogP contribution >= 0.6 is 11.6 Å². The molecule has 1 aromatic carbocycles. The smallest absolute Gasteiger partial charge is 0.247 e. The van der Waals surface area contributed by atoms with Crippen LogP contribution in [0.1, 0.15) is 32.3 Å². The van der Waals surface area contributed by atoms with Gasteiger partial charge in [0.05, 0.1) is 29.2 Å². The lowest BCUT2D eigenvalue weighted by molar-refractivity contribution is -0.111. The van der Waals surface area contributed by atoms with Gasteiger partial charge in [0.1, 0.15) is 11.6 Å². The number of hydrogen-bond acceptors (Lipinski definition) is 6. The fourth-order valence-electron chi connectivity index (χ4n) is 4.34. The molecule has 2 N–H and O–H groups in total. The summed E-state index contributed by atoms with van der Waals surface area (Å²) in [7, 11) is 1.64. The van der Waals surface area contributed by atoms with Crippen molar-refractivity contribution in [2.75, 3.05) is 48.8 Å². The van der Waals surface area contributed by atoms with Gasteiger partial charge >= 0.3 is 0 Å². The second-order valence-corrected chi connectivity index (χ2v) is 8.55. The average Bonchev–Trinajstić information content (AvgIpc) is 2.83.